The number of methoxy groups -OCH3 is 2. The molecule has 2 aromatic carbocycles. The van der Waals surface area contributed by atoms with Crippen LogP contribution < -0.4 is 10.2 Å². The lowest BCUT2D eigenvalue weighted by Crippen LogP contribution is -2.08. The Balaban J connectivity index is 2.19. The highest BCUT2D eigenvalue weighted by atomic mass is 16.5. The predicted molar refractivity (Wildman–Crippen MR) is 103 cm³/mol. The molecule has 0 N–H and O–H groups in total. The average Bonchev–Trinajstić information content (AvgIpc) is 2.97. The second-order valence-corrected chi connectivity index (χ2v) is 6.45. The van der Waals surface area contributed by atoms with Crippen molar-refractivity contribution in [3.05, 3.63) is 42.0 Å². The summed E-state index contributed by atoms with van der Waals surface area (Å²) in [5.74, 6) is 2.12. The van der Waals surface area contributed by atoms with Gasteiger partial charge in [0.15, 0.2) is 0 Å². The molecule has 0 atom stereocenters. The van der Waals surface area contributed by atoms with E-state index in [1.54, 1.807) is 14.2 Å². The van der Waals surface area contributed by atoms with Crippen molar-refractivity contribution in [2.24, 2.45) is 0 Å². The highest BCUT2D eigenvalue weighted by Crippen LogP contribution is 2.31. The zero-order chi connectivity index (χ0) is 18.0. The molecular formula is C20H23BN2O2. The molecule has 1 heterocycles. The summed E-state index contributed by atoms with van der Waals surface area (Å²) in [6, 6.07) is 12.3. The van der Waals surface area contributed by atoms with Crippen molar-refractivity contribution in [3.63, 3.8) is 0 Å². The fraction of sp³-hybridized carbons (Fsp3) is 0.350. The van der Waals surface area contributed by atoms with Crippen molar-refractivity contribution in [1.82, 2.24) is 9.55 Å². The van der Waals surface area contributed by atoms with E-state index in [1.807, 2.05) is 12.1 Å². The molecule has 0 saturated carbocycles. The Morgan fingerprint density at radius 3 is 2.44 bits per heavy atom. The van der Waals surface area contributed by atoms with Crippen molar-refractivity contribution in [2.45, 2.75) is 26.3 Å². The molecule has 0 saturated heterocycles. The molecule has 1 aromatic heterocycles. The minimum Gasteiger partial charge on any atom is -0.495 e. The quantitative estimate of drug-likeness (QED) is 0.649. The first-order valence-electron chi connectivity index (χ1n) is 8.48. The van der Waals surface area contributed by atoms with Crippen LogP contribution in [0.4, 0.5) is 0 Å². The average molecular weight is 334 g/mol. The van der Waals surface area contributed by atoms with Gasteiger partial charge in [-0.25, -0.2) is 4.98 Å². The molecule has 0 aliphatic carbocycles. The molecule has 0 bridgehead atoms. The maximum atomic E-state index is 6.00. The van der Waals surface area contributed by atoms with Gasteiger partial charge in [0.05, 0.1) is 19.2 Å². The first-order chi connectivity index (χ1) is 12.0. The van der Waals surface area contributed by atoms with Crippen LogP contribution in [0.2, 0.25) is 0 Å². The first-order valence-corrected chi connectivity index (χ1v) is 8.48. The Hall–Kier alpha value is -2.27. The number of benzene rings is 2. The smallest absolute Gasteiger partial charge is 0.144 e. The molecule has 4 nitrogen and oxygen atoms in total. The lowest BCUT2D eigenvalue weighted by molar-refractivity contribution is 0.188. The summed E-state index contributed by atoms with van der Waals surface area (Å²) in [6.07, 6.45) is 0. The van der Waals surface area contributed by atoms with E-state index in [9.17, 15) is 0 Å². The second kappa shape index (κ2) is 7.32. The lowest BCUT2D eigenvalue weighted by atomic mass is 9.95. The van der Waals surface area contributed by atoms with Gasteiger partial charge in [0.2, 0.25) is 0 Å². The highest BCUT2D eigenvalue weighted by molar-refractivity contribution is 6.33. The molecule has 0 aliphatic heterocycles. The van der Waals surface area contributed by atoms with Gasteiger partial charge < -0.3 is 14.0 Å². The molecule has 2 radical (unpaired) electrons. The van der Waals surface area contributed by atoms with E-state index >= 15 is 0 Å². The molecule has 0 aliphatic rings. The zero-order valence-electron chi connectivity index (χ0n) is 15.2. The number of nitrogens with zero attached hydrogens (tertiary/aromatic N) is 2. The van der Waals surface area contributed by atoms with E-state index in [1.165, 1.54) is 5.56 Å². The summed E-state index contributed by atoms with van der Waals surface area (Å²) in [5, 5.41) is 0. The Morgan fingerprint density at radius 1 is 1.12 bits per heavy atom. The SMILES string of the molecule is [B]c1cc(OC)c2c(c1)nc(-c1ccc(C(C)C)cc1)n2CCOC. The highest BCUT2D eigenvalue weighted by Gasteiger charge is 2.17. The zero-order valence-corrected chi connectivity index (χ0v) is 15.2. The molecule has 0 spiro atoms. The van der Waals surface area contributed by atoms with E-state index in [2.05, 4.69) is 42.7 Å². The number of imidazole rings is 1. The topological polar surface area (TPSA) is 36.3 Å². The summed E-state index contributed by atoms with van der Waals surface area (Å²) in [6.45, 7) is 5.66. The van der Waals surface area contributed by atoms with Crippen molar-refractivity contribution >= 4 is 24.3 Å². The van der Waals surface area contributed by atoms with Crippen LogP contribution in [0, 0.1) is 0 Å². The van der Waals surface area contributed by atoms with E-state index < -0.39 is 0 Å². The predicted octanol–water partition coefficient (Wildman–Crippen LogP) is 3.28. The van der Waals surface area contributed by atoms with Gasteiger partial charge in [0.1, 0.15) is 24.9 Å². The van der Waals surface area contributed by atoms with E-state index in [0.29, 0.717) is 24.5 Å². The minimum atomic E-state index is 0.501. The molecule has 0 fully saturated rings. The molecule has 25 heavy (non-hydrogen) atoms. The van der Waals surface area contributed by atoms with Crippen molar-refractivity contribution < 1.29 is 9.47 Å². The largest absolute Gasteiger partial charge is 0.495 e. The third kappa shape index (κ3) is 3.42. The molecule has 0 amide bonds. The van der Waals surface area contributed by atoms with E-state index in [4.69, 9.17) is 22.3 Å². The fourth-order valence-electron chi connectivity index (χ4n) is 3.04. The molecule has 5 heteroatoms. The number of fused-ring (bicyclic) bond motifs is 1. The van der Waals surface area contributed by atoms with Gasteiger partial charge in [0.25, 0.3) is 0 Å². The Labute approximate surface area is 150 Å². The number of hydrogen-bond donors (Lipinski definition) is 0. The summed E-state index contributed by atoms with van der Waals surface area (Å²) in [7, 11) is 9.35. The number of ether oxygens (including phenoxy) is 2. The summed E-state index contributed by atoms with van der Waals surface area (Å²) < 4.78 is 13.0. The van der Waals surface area contributed by atoms with Crippen molar-refractivity contribution in [2.75, 3.05) is 20.8 Å². The van der Waals surface area contributed by atoms with Gasteiger partial charge in [-0.15, -0.1) is 0 Å². The number of aromatic nitrogens is 2. The fourth-order valence-corrected chi connectivity index (χ4v) is 3.04. The van der Waals surface area contributed by atoms with Crippen LogP contribution in [0.25, 0.3) is 22.4 Å². The van der Waals surface area contributed by atoms with Crippen molar-refractivity contribution in [3.8, 4) is 17.1 Å². The van der Waals surface area contributed by atoms with Gasteiger partial charge >= 0.3 is 0 Å². The molecule has 3 aromatic rings. The van der Waals surface area contributed by atoms with Crippen LogP contribution in [0.5, 0.6) is 5.75 Å². The maximum Gasteiger partial charge on any atom is 0.144 e. The summed E-state index contributed by atoms with van der Waals surface area (Å²) in [5.41, 5.74) is 4.79. The van der Waals surface area contributed by atoms with Crippen molar-refractivity contribution in [1.29, 1.82) is 0 Å². The first kappa shape index (κ1) is 17.6. The summed E-state index contributed by atoms with van der Waals surface area (Å²) >= 11 is 0. The van der Waals surface area contributed by atoms with Crippen LogP contribution in [-0.2, 0) is 11.3 Å². The van der Waals surface area contributed by atoms with Gasteiger partial charge in [-0.1, -0.05) is 43.6 Å². The normalized spacial score (nSPS) is 11.4. The number of rotatable bonds is 6. The number of hydrogen-bond acceptors (Lipinski definition) is 3. The molecule has 3 rings (SSSR count). The standard InChI is InChI=1S/C20H23BN2O2/c1-13(2)14-5-7-15(8-6-14)20-22-17-11-16(21)12-18(25-4)19(17)23(20)9-10-24-3/h5-8,11-13H,9-10H2,1-4H3. The van der Waals surface area contributed by atoms with Gasteiger partial charge in [-0.3, -0.25) is 0 Å². The molecule has 128 valence electrons. The molecular weight excluding hydrogens is 311 g/mol. The third-order valence-electron chi connectivity index (χ3n) is 4.40. The third-order valence-corrected chi connectivity index (χ3v) is 4.40. The van der Waals surface area contributed by atoms with Gasteiger partial charge in [-0.2, -0.15) is 0 Å². The Bertz CT molecular complexity index is 870. The van der Waals surface area contributed by atoms with Crippen LogP contribution in [0.1, 0.15) is 25.3 Å². The Kier molecular flexibility index (Phi) is 5.14. The van der Waals surface area contributed by atoms with Crippen LogP contribution in [0.15, 0.2) is 36.4 Å². The molecule has 0 unspecified atom stereocenters. The van der Waals surface area contributed by atoms with Crippen LogP contribution in [-0.4, -0.2) is 38.2 Å². The van der Waals surface area contributed by atoms with Gasteiger partial charge in [-0.05, 0) is 23.6 Å². The Morgan fingerprint density at radius 2 is 1.84 bits per heavy atom. The van der Waals surface area contributed by atoms with E-state index in [-0.39, 0.29) is 0 Å². The van der Waals surface area contributed by atoms with Gasteiger partial charge in [0, 0.05) is 19.2 Å². The van der Waals surface area contributed by atoms with Crippen LogP contribution >= 0.6 is 0 Å². The second-order valence-electron chi connectivity index (χ2n) is 6.45. The summed E-state index contributed by atoms with van der Waals surface area (Å²) in [4.78, 5) is 4.83. The maximum absolute atomic E-state index is 6.00. The van der Waals surface area contributed by atoms with Crippen LogP contribution in [0.3, 0.4) is 0 Å². The lowest BCUT2D eigenvalue weighted by Gasteiger charge is -2.12. The minimum absolute atomic E-state index is 0.501. The monoisotopic (exact) mass is 334 g/mol. The van der Waals surface area contributed by atoms with E-state index in [0.717, 1.165) is 28.2 Å².